The van der Waals surface area contributed by atoms with Crippen molar-refractivity contribution >= 4 is 21.8 Å². The van der Waals surface area contributed by atoms with Crippen LogP contribution in [0.3, 0.4) is 0 Å². The molecule has 12 heteroatoms. The van der Waals surface area contributed by atoms with Crippen LogP contribution in [0.4, 0.5) is 8.78 Å². The summed E-state index contributed by atoms with van der Waals surface area (Å²) in [7, 11) is 0. The number of ether oxygens (including phenoxy) is 4. The normalized spacial score (nSPS) is 11.1. The van der Waals surface area contributed by atoms with Crippen molar-refractivity contribution < 1.29 is 27.7 Å². The molecule has 4 aromatic carbocycles. The number of hydrogen-bond donors (Lipinski definition) is 0. The van der Waals surface area contributed by atoms with Crippen LogP contribution in [0.25, 0.3) is 27.8 Å². The van der Waals surface area contributed by atoms with Gasteiger partial charge in [-0.1, -0.05) is 12.1 Å². The molecule has 0 unspecified atom stereocenters. The maximum atomic E-state index is 14.6. The lowest BCUT2D eigenvalue weighted by Gasteiger charge is -2.11. The van der Waals surface area contributed by atoms with E-state index >= 15 is 0 Å². The number of hydrogen-bond acceptors (Lipinski definition) is 9. The average molecular weight is 653 g/mol. The lowest BCUT2D eigenvalue weighted by atomic mass is 10.1. The fraction of sp³-hybridized carbons (Fsp3) is 0. The SMILES string of the molecule is Fc1cc(Oc2ccc3c4ccc(Oc5cc(F)cc(Oc6ccccn6)c5)cc4n(-c4ncncn4)c3c2)cc(Oc2ccccn2)c1. The maximum absolute atomic E-state index is 14.6. The standard InChI is InChI=1S/C37H22F2N6O4/c38-23-13-27(17-29(15-23)48-35-5-1-3-11-41-35)46-25-7-9-31-32-10-8-26(20-34(32)45(33(31)19-25)37-43-21-40-22-44-37)47-28-14-24(39)16-30(18-28)49-36-6-2-4-12-42-36/h1-22H. The second-order valence-corrected chi connectivity index (χ2v) is 10.6. The Morgan fingerprint density at radius 2 is 0.918 bits per heavy atom. The molecule has 0 radical (unpaired) electrons. The van der Waals surface area contributed by atoms with Gasteiger partial charge in [0.15, 0.2) is 0 Å². The van der Waals surface area contributed by atoms with Crippen molar-refractivity contribution in [3.05, 3.63) is 146 Å². The van der Waals surface area contributed by atoms with Crippen LogP contribution in [0, 0.1) is 11.6 Å². The lowest BCUT2D eigenvalue weighted by Crippen LogP contribution is -2.01. The number of pyridine rings is 2. The third kappa shape index (κ3) is 6.38. The van der Waals surface area contributed by atoms with E-state index in [0.717, 1.165) is 10.8 Å². The molecule has 0 atom stereocenters. The summed E-state index contributed by atoms with van der Waals surface area (Å²) in [6.45, 7) is 0. The van der Waals surface area contributed by atoms with Gasteiger partial charge < -0.3 is 18.9 Å². The van der Waals surface area contributed by atoms with Gasteiger partial charge in [-0.15, -0.1) is 0 Å². The van der Waals surface area contributed by atoms with Crippen molar-refractivity contribution in [2.75, 3.05) is 0 Å². The molecule has 10 nitrogen and oxygen atoms in total. The Morgan fingerprint density at radius 3 is 1.37 bits per heavy atom. The third-order valence-electron chi connectivity index (χ3n) is 7.27. The third-order valence-corrected chi connectivity index (χ3v) is 7.27. The molecule has 0 fully saturated rings. The van der Waals surface area contributed by atoms with Crippen LogP contribution < -0.4 is 18.9 Å². The van der Waals surface area contributed by atoms with E-state index < -0.39 is 11.6 Å². The van der Waals surface area contributed by atoms with Crippen molar-refractivity contribution in [3.63, 3.8) is 0 Å². The molecule has 8 aromatic rings. The maximum Gasteiger partial charge on any atom is 0.237 e. The quantitative estimate of drug-likeness (QED) is 0.151. The highest BCUT2D eigenvalue weighted by Gasteiger charge is 2.17. The Morgan fingerprint density at radius 1 is 0.449 bits per heavy atom. The number of halogens is 2. The summed E-state index contributed by atoms with van der Waals surface area (Å²) in [6, 6.07) is 29.5. The molecule has 0 saturated carbocycles. The van der Waals surface area contributed by atoms with Gasteiger partial charge in [0.25, 0.3) is 0 Å². The first-order chi connectivity index (χ1) is 24.0. The fourth-order valence-corrected chi connectivity index (χ4v) is 5.31. The predicted octanol–water partition coefficient (Wildman–Crippen LogP) is 9.21. The second-order valence-electron chi connectivity index (χ2n) is 10.6. The van der Waals surface area contributed by atoms with Gasteiger partial charge in [-0.05, 0) is 36.4 Å². The fourth-order valence-electron chi connectivity index (χ4n) is 5.31. The molecule has 49 heavy (non-hydrogen) atoms. The van der Waals surface area contributed by atoms with Gasteiger partial charge in [-0.3, -0.25) is 4.57 Å². The summed E-state index contributed by atoms with van der Waals surface area (Å²) in [5.41, 5.74) is 1.41. The Labute approximate surface area is 276 Å². The van der Waals surface area contributed by atoms with Crippen LogP contribution in [-0.4, -0.2) is 29.5 Å². The van der Waals surface area contributed by atoms with E-state index in [-0.39, 0.29) is 23.0 Å². The van der Waals surface area contributed by atoms with E-state index in [1.165, 1.54) is 36.9 Å². The topological polar surface area (TPSA) is 106 Å². The molecule has 238 valence electrons. The first-order valence-electron chi connectivity index (χ1n) is 14.9. The van der Waals surface area contributed by atoms with E-state index in [2.05, 4.69) is 24.9 Å². The summed E-state index contributed by atoms with van der Waals surface area (Å²) in [6.07, 6.45) is 5.96. The second kappa shape index (κ2) is 12.7. The number of rotatable bonds is 9. The van der Waals surface area contributed by atoms with Crippen LogP contribution in [0.15, 0.2) is 134 Å². The molecule has 4 aromatic heterocycles. The highest BCUT2D eigenvalue weighted by atomic mass is 19.1. The molecule has 0 N–H and O–H groups in total. The van der Waals surface area contributed by atoms with E-state index in [0.29, 0.717) is 40.2 Å². The monoisotopic (exact) mass is 652 g/mol. The van der Waals surface area contributed by atoms with Gasteiger partial charge in [-0.25, -0.2) is 33.7 Å². The molecule has 0 bridgehead atoms. The summed E-state index contributed by atoms with van der Waals surface area (Å²) < 4.78 is 54.7. The van der Waals surface area contributed by atoms with Crippen molar-refractivity contribution in [3.8, 4) is 52.2 Å². The molecule has 0 aliphatic carbocycles. The van der Waals surface area contributed by atoms with Crippen molar-refractivity contribution in [2.24, 2.45) is 0 Å². The molecule has 0 aliphatic rings. The van der Waals surface area contributed by atoms with Gasteiger partial charge in [0.1, 0.15) is 58.8 Å². The zero-order valence-corrected chi connectivity index (χ0v) is 25.3. The highest BCUT2D eigenvalue weighted by Crippen LogP contribution is 2.38. The summed E-state index contributed by atoms with van der Waals surface area (Å²) in [4.78, 5) is 21.0. The largest absolute Gasteiger partial charge is 0.457 e. The molecule has 4 heterocycles. The Kier molecular flexibility index (Phi) is 7.62. The van der Waals surface area contributed by atoms with Crippen LogP contribution >= 0.6 is 0 Å². The number of fused-ring (bicyclic) bond motifs is 3. The van der Waals surface area contributed by atoms with Crippen LogP contribution in [0.5, 0.6) is 46.3 Å². The molecule has 0 aliphatic heterocycles. The number of aromatic nitrogens is 6. The van der Waals surface area contributed by atoms with Crippen LogP contribution in [0.2, 0.25) is 0 Å². The van der Waals surface area contributed by atoms with E-state index in [1.54, 1.807) is 85.2 Å². The first kappa shape index (κ1) is 29.5. The molecular formula is C37H22F2N6O4. The minimum atomic E-state index is -0.537. The lowest BCUT2D eigenvalue weighted by molar-refractivity contribution is 0.440. The van der Waals surface area contributed by atoms with E-state index in [4.69, 9.17) is 18.9 Å². The highest BCUT2D eigenvalue weighted by molar-refractivity contribution is 6.09. The predicted molar refractivity (Wildman–Crippen MR) is 176 cm³/mol. The zero-order valence-electron chi connectivity index (χ0n) is 25.3. The van der Waals surface area contributed by atoms with Crippen LogP contribution in [-0.2, 0) is 0 Å². The molecule has 8 rings (SSSR count). The smallest absolute Gasteiger partial charge is 0.237 e. The minimum absolute atomic E-state index is 0.227. The Bertz CT molecular complexity index is 2280. The van der Waals surface area contributed by atoms with Crippen molar-refractivity contribution in [1.29, 1.82) is 0 Å². The van der Waals surface area contributed by atoms with Gasteiger partial charge in [-0.2, -0.15) is 0 Å². The first-order valence-corrected chi connectivity index (χ1v) is 14.9. The van der Waals surface area contributed by atoms with Crippen molar-refractivity contribution in [1.82, 2.24) is 29.5 Å². The zero-order chi connectivity index (χ0) is 33.2. The van der Waals surface area contributed by atoms with Crippen molar-refractivity contribution in [2.45, 2.75) is 0 Å². The molecule has 0 saturated heterocycles. The van der Waals surface area contributed by atoms with E-state index in [1.807, 2.05) is 16.7 Å². The van der Waals surface area contributed by atoms with Gasteiger partial charge in [0.2, 0.25) is 17.7 Å². The van der Waals surface area contributed by atoms with Gasteiger partial charge in [0.05, 0.1) is 11.0 Å². The molecule has 0 amide bonds. The summed E-state index contributed by atoms with van der Waals surface area (Å²) in [5, 5.41) is 1.73. The Balaban J connectivity index is 1.15. The van der Waals surface area contributed by atoms with Gasteiger partial charge in [0, 0.05) is 83.8 Å². The Hall–Kier alpha value is -6.95. The molecule has 0 spiro atoms. The summed E-state index contributed by atoms with van der Waals surface area (Å²) >= 11 is 0. The minimum Gasteiger partial charge on any atom is -0.457 e. The van der Waals surface area contributed by atoms with E-state index in [9.17, 15) is 8.78 Å². The summed E-state index contributed by atoms with van der Waals surface area (Å²) in [5.74, 6) is 1.69. The number of benzene rings is 4. The molecular weight excluding hydrogens is 630 g/mol. The van der Waals surface area contributed by atoms with Gasteiger partial charge >= 0.3 is 0 Å². The van der Waals surface area contributed by atoms with Crippen LogP contribution in [0.1, 0.15) is 0 Å². The average Bonchev–Trinajstić information content (AvgIpc) is 3.42. The number of nitrogens with zero attached hydrogens (tertiary/aromatic N) is 6.